The van der Waals surface area contributed by atoms with Crippen molar-refractivity contribution in [2.24, 2.45) is 0 Å². The molecule has 0 radical (unpaired) electrons. The SMILES string of the molecule is COC(=O)c1cccc(Br)c1C(C)Oc1cc(C)cc(OC)c1. The first kappa shape index (κ1) is 17.3. The van der Waals surface area contributed by atoms with Crippen molar-refractivity contribution in [3.63, 3.8) is 0 Å². The predicted octanol–water partition coefficient (Wildman–Crippen LogP) is 4.69. The van der Waals surface area contributed by atoms with Crippen molar-refractivity contribution < 1.29 is 19.0 Å². The van der Waals surface area contributed by atoms with Crippen molar-refractivity contribution in [2.75, 3.05) is 14.2 Å². The number of ether oxygens (including phenoxy) is 3. The van der Waals surface area contributed by atoms with Crippen LogP contribution in [0.15, 0.2) is 40.9 Å². The van der Waals surface area contributed by atoms with Crippen LogP contribution in [0, 0.1) is 6.92 Å². The van der Waals surface area contributed by atoms with E-state index in [0.29, 0.717) is 11.3 Å². The van der Waals surface area contributed by atoms with Gasteiger partial charge >= 0.3 is 5.97 Å². The van der Waals surface area contributed by atoms with Crippen molar-refractivity contribution in [2.45, 2.75) is 20.0 Å². The molecule has 2 aromatic carbocycles. The standard InChI is InChI=1S/C18H19BrO4/c1-11-8-13(21-3)10-14(9-11)23-12(2)17-15(18(20)22-4)6-5-7-16(17)19/h5-10,12H,1-4H3. The summed E-state index contributed by atoms with van der Waals surface area (Å²) < 4.78 is 16.9. The number of hydrogen-bond donors (Lipinski definition) is 0. The first-order valence-corrected chi connectivity index (χ1v) is 7.94. The molecule has 0 fully saturated rings. The smallest absolute Gasteiger partial charge is 0.338 e. The molecule has 0 aliphatic heterocycles. The maximum atomic E-state index is 12.0. The molecule has 0 aromatic heterocycles. The van der Waals surface area contributed by atoms with Gasteiger partial charge in [0.15, 0.2) is 0 Å². The van der Waals surface area contributed by atoms with E-state index in [4.69, 9.17) is 14.2 Å². The quantitative estimate of drug-likeness (QED) is 0.707. The van der Waals surface area contributed by atoms with Gasteiger partial charge in [-0.3, -0.25) is 0 Å². The van der Waals surface area contributed by atoms with Crippen molar-refractivity contribution in [1.82, 2.24) is 0 Å². The molecule has 0 N–H and O–H groups in total. The average molecular weight is 379 g/mol. The number of rotatable bonds is 5. The number of benzene rings is 2. The fourth-order valence-corrected chi connectivity index (χ4v) is 3.09. The largest absolute Gasteiger partial charge is 0.497 e. The van der Waals surface area contributed by atoms with Crippen molar-refractivity contribution in [3.05, 3.63) is 57.6 Å². The summed E-state index contributed by atoms with van der Waals surface area (Å²) in [5, 5.41) is 0. The predicted molar refractivity (Wildman–Crippen MR) is 92.3 cm³/mol. The van der Waals surface area contributed by atoms with Crippen LogP contribution in [0.3, 0.4) is 0 Å². The summed E-state index contributed by atoms with van der Waals surface area (Å²) in [4.78, 5) is 12.0. The van der Waals surface area contributed by atoms with E-state index in [9.17, 15) is 4.79 Å². The Morgan fingerprint density at radius 2 is 1.83 bits per heavy atom. The van der Waals surface area contributed by atoms with Crippen molar-refractivity contribution in [3.8, 4) is 11.5 Å². The number of carbonyl (C=O) groups is 1. The normalized spacial score (nSPS) is 11.7. The summed E-state index contributed by atoms with van der Waals surface area (Å²) in [5.74, 6) is 1.02. The van der Waals surface area contributed by atoms with E-state index < -0.39 is 5.97 Å². The Hall–Kier alpha value is -2.01. The van der Waals surface area contributed by atoms with Gasteiger partial charge in [0.05, 0.1) is 19.8 Å². The number of hydrogen-bond acceptors (Lipinski definition) is 4. The van der Waals surface area contributed by atoms with Crippen LogP contribution in [0.25, 0.3) is 0 Å². The van der Waals surface area contributed by atoms with E-state index in [1.807, 2.05) is 38.1 Å². The highest BCUT2D eigenvalue weighted by molar-refractivity contribution is 9.10. The highest BCUT2D eigenvalue weighted by atomic mass is 79.9. The molecule has 0 amide bonds. The fraction of sp³-hybridized carbons (Fsp3) is 0.278. The van der Waals surface area contributed by atoms with Gasteiger partial charge < -0.3 is 14.2 Å². The number of aryl methyl sites for hydroxylation is 1. The second kappa shape index (κ2) is 7.51. The molecule has 0 bridgehead atoms. The zero-order valence-electron chi connectivity index (χ0n) is 13.6. The molecule has 0 saturated carbocycles. The number of esters is 1. The summed E-state index contributed by atoms with van der Waals surface area (Å²) in [6.45, 7) is 3.86. The molecule has 2 aromatic rings. The van der Waals surface area contributed by atoms with E-state index >= 15 is 0 Å². The third kappa shape index (κ3) is 4.05. The molecule has 5 heteroatoms. The Morgan fingerprint density at radius 1 is 1.13 bits per heavy atom. The molecule has 0 saturated heterocycles. The number of halogens is 1. The van der Waals surface area contributed by atoms with Crippen molar-refractivity contribution in [1.29, 1.82) is 0 Å². The maximum absolute atomic E-state index is 12.0. The van der Waals surface area contributed by atoms with Gasteiger partial charge in [-0.15, -0.1) is 0 Å². The van der Waals surface area contributed by atoms with Crippen LogP contribution < -0.4 is 9.47 Å². The Morgan fingerprint density at radius 3 is 2.48 bits per heavy atom. The average Bonchev–Trinajstić information content (AvgIpc) is 2.52. The Labute approximate surface area is 144 Å². The molecule has 2 rings (SSSR count). The van der Waals surface area contributed by atoms with Crippen LogP contribution in [0.1, 0.15) is 34.5 Å². The second-order valence-electron chi connectivity index (χ2n) is 5.14. The third-order valence-corrected chi connectivity index (χ3v) is 4.13. The van der Waals surface area contributed by atoms with Gasteiger partial charge in [0.1, 0.15) is 17.6 Å². The maximum Gasteiger partial charge on any atom is 0.338 e. The first-order chi connectivity index (χ1) is 11.0. The Kier molecular flexibility index (Phi) is 5.66. The molecule has 1 atom stereocenters. The summed E-state index contributed by atoms with van der Waals surface area (Å²) >= 11 is 3.49. The lowest BCUT2D eigenvalue weighted by Crippen LogP contribution is -2.12. The monoisotopic (exact) mass is 378 g/mol. The third-order valence-electron chi connectivity index (χ3n) is 3.44. The van der Waals surface area contributed by atoms with Gasteiger partial charge in [-0.05, 0) is 43.7 Å². The van der Waals surface area contributed by atoms with Crippen LogP contribution in [0.2, 0.25) is 0 Å². The van der Waals surface area contributed by atoms with Crippen LogP contribution in [0.5, 0.6) is 11.5 Å². The molecular formula is C18H19BrO4. The van der Waals surface area contributed by atoms with E-state index in [-0.39, 0.29) is 6.10 Å². The van der Waals surface area contributed by atoms with Crippen LogP contribution in [0.4, 0.5) is 0 Å². The highest BCUT2D eigenvalue weighted by Gasteiger charge is 2.21. The van der Waals surface area contributed by atoms with Crippen LogP contribution in [-0.2, 0) is 4.74 Å². The van der Waals surface area contributed by atoms with E-state index in [1.165, 1.54) is 7.11 Å². The van der Waals surface area contributed by atoms with Gasteiger partial charge in [0, 0.05) is 16.1 Å². The summed E-state index contributed by atoms with van der Waals surface area (Å²) in [6, 6.07) is 11.1. The Balaban J connectivity index is 2.36. The zero-order chi connectivity index (χ0) is 17.0. The molecule has 0 aliphatic rings. The summed E-state index contributed by atoms with van der Waals surface area (Å²) in [5.41, 5.74) is 2.26. The lowest BCUT2D eigenvalue weighted by Gasteiger charge is -2.20. The minimum absolute atomic E-state index is 0.341. The van der Waals surface area contributed by atoms with Gasteiger partial charge in [-0.25, -0.2) is 4.79 Å². The van der Waals surface area contributed by atoms with Crippen LogP contribution in [-0.4, -0.2) is 20.2 Å². The molecule has 0 heterocycles. The molecule has 0 aliphatic carbocycles. The lowest BCUT2D eigenvalue weighted by molar-refractivity contribution is 0.0595. The van der Waals surface area contributed by atoms with E-state index in [1.54, 1.807) is 19.2 Å². The molecule has 0 spiro atoms. The van der Waals surface area contributed by atoms with Gasteiger partial charge in [-0.1, -0.05) is 22.0 Å². The summed E-state index contributed by atoms with van der Waals surface area (Å²) in [6.07, 6.45) is -0.341. The van der Waals surface area contributed by atoms with Crippen LogP contribution >= 0.6 is 15.9 Å². The Bertz CT molecular complexity index is 712. The minimum Gasteiger partial charge on any atom is -0.497 e. The first-order valence-electron chi connectivity index (χ1n) is 7.15. The zero-order valence-corrected chi connectivity index (χ0v) is 15.1. The molecule has 1 unspecified atom stereocenters. The van der Waals surface area contributed by atoms with Gasteiger partial charge in [-0.2, -0.15) is 0 Å². The minimum atomic E-state index is -0.390. The topological polar surface area (TPSA) is 44.8 Å². The number of carbonyl (C=O) groups excluding carboxylic acids is 1. The summed E-state index contributed by atoms with van der Waals surface area (Å²) in [7, 11) is 2.98. The van der Waals surface area contributed by atoms with Gasteiger partial charge in [0.25, 0.3) is 0 Å². The van der Waals surface area contributed by atoms with E-state index in [0.717, 1.165) is 21.3 Å². The lowest BCUT2D eigenvalue weighted by atomic mass is 10.0. The number of methoxy groups -OCH3 is 2. The second-order valence-corrected chi connectivity index (χ2v) is 5.99. The molecule has 122 valence electrons. The fourth-order valence-electron chi connectivity index (χ4n) is 2.40. The molecule has 4 nitrogen and oxygen atoms in total. The highest BCUT2D eigenvalue weighted by Crippen LogP contribution is 2.32. The molecular weight excluding hydrogens is 360 g/mol. The molecule has 23 heavy (non-hydrogen) atoms. The van der Waals surface area contributed by atoms with E-state index in [2.05, 4.69) is 15.9 Å². The van der Waals surface area contributed by atoms with Crippen molar-refractivity contribution >= 4 is 21.9 Å². The van der Waals surface area contributed by atoms with Gasteiger partial charge in [0.2, 0.25) is 0 Å².